The zero-order valence-corrected chi connectivity index (χ0v) is 24.2. The van der Waals surface area contributed by atoms with E-state index in [0.29, 0.717) is 6.42 Å². The minimum Gasteiger partial charge on any atom is -0.748 e. The molecule has 0 aromatic carbocycles. The van der Waals surface area contributed by atoms with Gasteiger partial charge in [-0.1, -0.05) is 122 Å². The van der Waals surface area contributed by atoms with Gasteiger partial charge < -0.3 is 9.66 Å². The van der Waals surface area contributed by atoms with Crippen LogP contribution in [-0.2, 0) is 10.1 Å². The minimum absolute atomic E-state index is 0. The van der Waals surface area contributed by atoms with Gasteiger partial charge in [0.15, 0.2) is 0 Å². The zero-order chi connectivity index (χ0) is 21.6. The Hall–Kier alpha value is 1.51. The van der Waals surface area contributed by atoms with Gasteiger partial charge in [0.25, 0.3) is 0 Å². The Bertz CT molecular complexity index is 429. The van der Waals surface area contributed by atoms with Crippen LogP contribution in [0.4, 0.5) is 0 Å². The van der Waals surface area contributed by atoms with Gasteiger partial charge in [-0.2, -0.15) is 0 Å². The standard InChI is InChI=1S/C24H50O4S.K/c1-2-3-4-5-6-7-8-9-10-11-12-13-14-15-18-21-24(25)22-19-16-17-20-23-29(26,27)28;/h24-25H,2-23H2,1H3,(H,26,27,28);/q;+1/p-1. The van der Waals surface area contributed by atoms with Crippen LogP contribution >= 0.6 is 0 Å². The maximum absolute atomic E-state index is 10.5. The number of aliphatic hydroxyl groups is 1. The van der Waals surface area contributed by atoms with Gasteiger partial charge in [0, 0.05) is 5.75 Å². The van der Waals surface area contributed by atoms with Crippen molar-refractivity contribution in [3.05, 3.63) is 0 Å². The van der Waals surface area contributed by atoms with Crippen molar-refractivity contribution in [1.82, 2.24) is 0 Å². The third kappa shape index (κ3) is 29.5. The minimum atomic E-state index is -4.06. The summed E-state index contributed by atoms with van der Waals surface area (Å²) in [5.74, 6) is -0.255. The van der Waals surface area contributed by atoms with Crippen molar-refractivity contribution >= 4 is 10.1 Å². The molecule has 4 nitrogen and oxygen atoms in total. The SMILES string of the molecule is CCCCCCCCCCCCCCCCCC(O)CCCCCCS(=O)(=O)[O-].[K+]. The topological polar surface area (TPSA) is 77.4 Å². The van der Waals surface area contributed by atoms with Crippen LogP contribution in [0.3, 0.4) is 0 Å². The molecule has 0 fully saturated rings. The molecule has 30 heavy (non-hydrogen) atoms. The summed E-state index contributed by atoms with van der Waals surface area (Å²) in [6.07, 6.45) is 24.8. The maximum Gasteiger partial charge on any atom is 1.00 e. The van der Waals surface area contributed by atoms with Gasteiger partial charge >= 0.3 is 51.4 Å². The Labute approximate surface area is 230 Å². The Morgan fingerprint density at radius 1 is 0.600 bits per heavy atom. The molecule has 0 aliphatic heterocycles. The summed E-state index contributed by atoms with van der Waals surface area (Å²) in [7, 11) is -4.06. The predicted molar refractivity (Wildman–Crippen MR) is 123 cm³/mol. The zero-order valence-electron chi connectivity index (χ0n) is 20.2. The fourth-order valence-electron chi connectivity index (χ4n) is 3.91. The van der Waals surface area contributed by atoms with Crippen LogP contribution in [0, 0.1) is 0 Å². The first-order valence-corrected chi connectivity index (χ1v) is 14.1. The van der Waals surface area contributed by atoms with E-state index in [0.717, 1.165) is 38.5 Å². The molecule has 0 rings (SSSR count). The van der Waals surface area contributed by atoms with E-state index in [-0.39, 0.29) is 63.2 Å². The van der Waals surface area contributed by atoms with Crippen LogP contribution in [0.1, 0.15) is 142 Å². The summed E-state index contributed by atoms with van der Waals surface area (Å²) in [6, 6.07) is 0. The molecule has 6 heteroatoms. The number of rotatable bonds is 23. The van der Waals surface area contributed by atoms with Crippen LogP contribution in [0.2, 0.25) is 0 Å². The van der Waals surface area contributed by atoms with E-state index in [1.165, 1.54) is 89.9 Å². The number of hydrogen-bond donors (Lipinski definition) is 1. The summed E-state index contributed by atoms with van der Waals surface area (Å²) < 4.78 is 31.5. The predicted octanol–water partition coefficient (Wildman–Crippen LogP) is 4.11. The van der Waals surface area contributed by atoms with Crippen molar-refractivity contribution in [2.24, 2.45) is 0 Å². The Morgan fingerprint density at radius 2 is 0.900 bits per heavy atom. The third-order valence-corrected chi connectivity index (χ3v) is 6.61. The molecule has 1 N–H and O–H groups in total. The molecule has 0 heterocycles. The van der Waals surface area contributed by atoms with E-state index in [4.69, 9.17) is 0 Å². The number of unbranched alkanes of at least 4 members (excludes halogenated alkanes) is 17. The molecule has 176 valence electrons. The summed E-state index contributed by atoms with van der Waals surface area (Å²) >= 11 is 0. The van der Waals surface area contributed by atoms with Gasteiger partial charge in [0.1, 0.15) is 0 Å². The molecule has 0 saturated heterocycles. The third-order valence-electron chi connectivity index (χ3n) is 5.82. The molecule has 0 aliphatic carbocycles. The van der Waals surface area contributed by atoms with Crippen LogP contribution in [0.5, 0.6) is 0 Å². The van der Waals surface area contributed by atoms with Crippen molar-refractivity contribution in [2.75, 3.05) is 5.75 Å². The van der Waals surface area contributed by atoms with Crippen LogP contribution in [0.25, 0.3) is 0 Å². The molecular weight excluding hydrogens is 423 g/mol. The van der Waals surface area contributed by atoms with E-state index in [1.807, 2.05) is 0 Å². The van der Waals surface area contributed by atoms with Gasteiger partial charge in [-0.25, -0.2) is 8.42 Å². The quantitative estimate of drug-likeness (QED) is 0.138. The van der Waals surface area contributed by atoms with Gasteiger partial charge in [0.2, 0.25) is 0 Å². The molecular formula is C24H49KO4S. The van der Waals surface area contributed by atoms with E-state index in [9.17, 15) is 18.1 Å². The Morgan fingerprint density at radius 3 is 1.23 bits per heavy atom. The van der Waals surface area contributed by atoms with Gasteiger partial charge in [0.05, 0.1) is 16.2 Å². The number of hydrogen-bond acceptors (Lipinski definition) is 4. The van der Waals surface area contributed by atoms with Gasteiger partial charge in [-0.3, -0.25) is 0 Å². The van der Waals surface area contributed by atoms with Crippen molar-refractivity contribution < 1.29 is 69.5 Å². The van der Waals surface area contributed by atoms with E-state index >= 15 is 0 Å². The fourth-order valence-corrected chi connectivity index (χ4v) is 4.47. The second-order valence-corrected chi connectivity index (χ2v) is 10.4. The molecule has 0 aromatic rings. The first kappa shape index (κ1) is 33.7. The van der Waals surface area contributed by atoms with Crippen molar-refractivity contribution in [3.8, 4) is 0 Å². The van der Waals surface area contributed by atoms with Crippen molar-refractivity contribution in [1.29, 1.82) is 0 Å². The molecule has 0 spiro atoms. The molecule has 0 aliphatic rings. The van der Waals surface area contributed by atoms with E-state index < -0.39 is 10.1 Å². The Balaban J connectivity index is 0. The second kappa shape index (κ2) is 25.1. The average Bonchev–Trinajstić information content (AvgIpc) is 2.66. The first-order chi connectivity index (χ1) is 14.0. The summed E-state index contributed by atoms with van der Waals surface area (Å²) in [4.78, 5) is 0. The monoisotopic (exact) mass is 472 g/mol. The summed E-state index contributed by atoms with van der Waals surface area (Å²) in [5, 5.41) is 9.99. The Kier molecular flexibility index (Phi) is 28.2. The maximum atomic E-state index is 10.5. The second-order valence-electron chi connectivity index (χ2n) is 8.86. The van der Waals surface area contributed by atoms with E-state index in [1.54, 1.807) is 0 Å². The smallest absolute Gasteiger partial charge is 0.748 e. The van der Waals surface area contributed by atoms with Crippen molar-refractivity contribution in [3.63, 3.8) is 0 Å². The van der Waals surface area contributed by atoms with E-state index in [2.05, 4.69) is 6.92 Å². The summed E-state index contributed by atoms with van der Waals surface area (Å²) in [5.41, 5.74) is 0. The van der Waals surface area contributed by atoms with Crippen molar-refractivity contribution in [2.45, 2.75) is 148 Å². The fraction of sp³-hybridized carbons (Fsp3) is 1.00. The van der Waals surface area contributed by atoms with Crippen LogP contribution in [0.15, 0.2) is 0 Å². The molecule has 0 amide bonds. The van der Waals surface area contributed by atoms with Gasteiger partial charge in [-0.15, -0.1) is 0 Å². The molecule has 1 unspecified atom stereocenters. The molecule has 1 atom stereocenters. The average molecular weight is 473 g/mol. The molecule has 0 saturated carbocycles. The molecule has 0 radical (unpaired) electrons. The normalized spacial score (nSPS) is 12.6. The largest absolute Gasteiger partial charge is 1.00 e. The first-order valence-electron chi connectivity index (χ1n) is 12.6. The van der Waals surface area contributed by atoms with Gasteiger partial charge in [-0.05, 0) is 19.3 Å². The van der Waals surface area contributed by atoms with Crippen LogP contribution in [-0.4, -0.2) is 29.9 Å². The molecule has 0 bridgehead atoms. The summed E-state index contributed by atoms with van der Waals surface area (Å²) in [6.45, 7) is 2.27. The van der Waals surface area contributed by atoms with Crippen LogP contribution < -0.4 is 51.4 Å². The number of aliphatic hydroxyl groups excluding tert-OH is 1. The molecule has 0 aromatic heterocycles.